The number of hydrogen-bond donors (Lipinski definition) is 4. The van der Waals surface area contributed by atoms with Gasteiger partial charge in [0.25, 0.3) is 5.91 Å². The minimum Gasteiger partial charge on any atom is -0.391 e. The summed E-state index contributed by atoms with van der Waals surface area (Å²) in [7, 11) is 0. The fraction of sp³-hybridized carbons (Fsp3) is 0.318. The van der Waals surface area contributed by atoms with Crippen molar-refractivity contribution in [3.8, 4) is 11.8 Å². The second kappa shape index (κ2) is 10.4. The molecule has 2 aromatic rings. The summed E-state index contributed by atoms with van der Waals surface area (Å²) in [5.41, 5.74) is 4.09. The van der Waals surface area contributed by atoms with Gasteiger partial charge in [0, 0.05) is 43.6 Å². The third-order valence-electron chi connectivity index (χ3n) is 4.95. The van der Waals surface area contributed by atoms with E-state index in [0.717, 1.165) is 16.9 Å². The number of pyridine rings is 1. The van der Waals surface area contributed by atoms with Gasteiger partial charge in [-0.25, -0.2) is 15.3 Å². The van der Waals surface area contributed by atoms with Crippen molar-refractivity contribution in [2.45, 2.75) is 19.1 Å². The number of rotatable bonds is 4. The van der Waals surface area contributed by atoms with E-state index in [1.807, 2.05) is 42.5 Å². The van der Waals surface area contributed by atoms with Crippen LogP contribution in [0.3, 0.4) is 0 Å². The molecular weight excluding hydrogens is 398 g/mol. The van der Waals surface area contributed by atoms with E-state index >= 15 is 0 Å². The Balaban J connectivity index is 1.54. The number of urea groups is 1. The van der Waals surface area contributed by atoms with Gasteiger partial charge in [-0.05, 0) is 49.2 Å². The molecule has 9 nitrogen and oxygen atoms in total. The van der Waals surface area contributed by atoms with Crippen molar-refractivity contribution in [1.82, 2.24) is 20.7 Å². The Morgan fingerprint density at radius 2 is 1.77 bits per heavy atom. The largest absolute Gasteiger partial charge is 0.391 e. The lowest BCUT2D eigenvalue weighted by atomic mass is 10.1. The maximum absolute atomic E-state index is 12.4. The molecule has 4 N–H and O–H groups in total. The Kier molecular flexibility index (Phi) is 7.43. The van der Waals surface area contributed by atoms with E-state index in [9.17, 15) is 14.7 Å². The molecule has 1 aliphatic heterocycles. The summed E-state index contributed by atoms with van der Waals surface area (Å²) in [6, 6.07) is 11.8. The fourth-order valence-corrected chi connectivity index (χ4v) is 3.20. The fourth-order valence-electron chi connectivity index (χ4n) is 3.20. The van der Waals surface area contributed by atoms with Crippen LogP contribution >= 0.6 is 0 Å². The number of piperazine rings is 1. The van der Waals surface area contributed by atoms with Gasteiger partial charge in [0.05, 0.1) is 6.10 Å². The second-order valence-electron chi connectivity index (χ2n) is 7.13. The zero-order valence-corrected chi connectivity index (χ0v) is 17.2. The number of aromatic nitrogens is 1. The number of aliphatic hydroxyl groups excluding tert-OH is 1. The lowest BCUT2D eigenvalue weighted by Crippen LogP contribution is -2.58. The SMILES string of the molecule is C[C@@H](O)[C@H](NC(=O)N1CCN(c2ccc(C#Cc3ccccn3)cc2)CC1)C(=O)NO. The van der Waals surface area contributed by atoms with Crippen LogP contribution in [0, 0.1) is 11.8 Å². The van der Waals surface area contributed by atoms with Crippen molar-refractivity contribution >= 4 is 17.6 Å². The first-order chi connectivity index (χ1) is 15.0. The molecule has 0 spiro atoms. The van der Waals surface area contributed by atoms with Crippen LogP contribution in [0.2, 0.25) is 0 Å². The van der Waals surface area contributed by atoms with Gasteiger partial charge in [-0.2, -0.15) is 0 Å². The molecule has 2 atom stereocenters. The summed E-state index contributed by atoms with van der Waals surface area (Å²) in [5, 5.41) is 20.9. The number of amides is 3. The van der Waals surface area contributed by atoms with Crippen molar-refractivity contribution in [2.75, 3.05) is 31.1 Å². The van der Waals surface area contributed by atoms with Crippen LogP contribution in [0.4, 0.5) is 10.5 Å². The molecule has 0 radical (unpaired) electrons. The molecule has 1 saturated heterocycles. The van der Waals surface area contributed by atoms with Crippen molar-refractivity contribution in [2.24, 2.45) is 0 Å². The van der Waals surface area contributed by atoms with Crippen molar-refractivity contribution in [1.29, 1.82) is 0 Å². The van der Waals surface area contributed by atoms with E-state index < -0.39 is 24.1 Å². The minimum atomic E-state index is -1.23. The highest BCUT2D eigenvalue weighted by Crippen LogP contribution is 2.17. The highest BCUT2D eigenvalue weighted by Gasteiger charge is 2.29. The quantitative estimate of drug-likeness (QED) is 0.324. The van der Waals surface area contributed by atoms with E-state index in [0.29, 0.717) is 26.2 Å². The average molecular weight is 423 g/mol. The molecule has 0 bridgehead atoms. The molecule has 3 amide bonds. The number of hydrogen-bond acceptors (Lipinski definition) is 6. The summed E-state index contributed by atoms with van der Waals surface area (Å²) in [4.78, 5) is 31.9. The van der Waals surface area contributed by atoms with Crippen LogP contribution in [-0.4, -0.2) is 70.5 Å². The number of hydroxylamine groups is 1. The molecule has 0 saturated carbocycles. The third kappa shape index (κ3) is 5.94. The standard InChI is InChI=1S/C22H25N5O4/c1-16(28)20(21(29)25-31)24-22(30)27-14-12-26(13-15-27)19-9-6-17(7-10-19)5-8-18-4-2-3-11-23-18/h2-4,6-7,9-11,16,20,28,31H,12-15H2,1H3,(H,24,30)(H,25,29)/t16-,20+/m1/s1. The number of carbonyl (C=O) groups is 2. The predicted octanol–water partition coefficient (Wildman–Crippen LogP) is 0.568. The Bertz CT molecular complexity index is 945. The van der Waals surface area contributed by atoms with Crippen LogP contribution < -0.4 is 15.7 Å². The summed E-state index contributed by atoms with van der Waals surface area (Å²) < 4.78 is 0. The van der Waals surface area contributed by atoms with Crippen molar-refractivity contribution in [3.05, 3.63) is 59.9 Å². The Labute approximate surface area is 180 Å². The Morgan fingerprint density at radius 1 is 1.06 bits per heavy atom. The van der Waals surface area contributed by atoms with E-state index in [-0.39, 0.29) is 0 Å². The summed E-state index contributed by atoms with van der Waals surface area (Å²) in [6.45, 7) is 3.53. The topological polar surface area (TPSA) is 118 Å². The van der Waals surface area contributed by atoms with Crippen LogP contribution in [0.25, 0.3) is 0 Å². The number of aliphatic hydroxyl groups is 1. The first-order valence-electron chi connectivity index (χ1n) is 9.93. The van der Waals surface area contributed by atoms with Crippen LogP contribution in [0.15, 0.2) is 48.7 Å². The zero-order valence-electron chi connectivity index (χ0n) is 17.2. The predicted molar refractivity (Wildman–Crippen MR) is 114 cm³/mol. The summed E-state index contributed by atoms with van der Waals surface area (Å²) in [6.07, 6.45) is 0.565. The maximum atomic E-state index is 12.4. The van der Waals surface area contributed by atoms with Gasteiger partial charge in [0.2, 0.25) is 0 Å². The number of benzene rings is 1. The molecule has 1 aliphatic rings. The molecule has 2 heterocycles. The molecular formula is C22H25N5O4. The van der Waals surface area contributed by atoms with Gasteiger partial charge in [-0.1, -0.05) is 12.0 Å². The second-order valence-corrected chi connectivity index (χ2v) is 7.13. The first-order valence-corrected chi connectivity index (χ1v) is 9.93. The highest BCUT2D eigenvalue weighted by molar-refractivity contribution is 5.87. The molecule has 3 rings (SSSR count). The first kappa shape index (κ1) is 22.1. The van der Waals surface area contributed by atoms with Gasteiger partial charge in [0.15, 0.2) is 0 Å². The van der Waals surface area contributed by atoms with E-state index in [2.05, 4.69) is 27.0 Å². The Morgan fingerprint density at radius 3 is 2.35 bits per heavy atom. The van der Waals surface area contributed by atoms with Crippen LogP contribution in [-0.2, 0) is 4.79 Å². The number of anilines is 1. The highest BCUT2D eigenvalue weighted by atomic mass is 16.5. The molecule has 162 valence electrons. The molecule has 0 unspecified atom stereocenters. The van der Waals surface area contributed by atoms with Crippen LogP contribution in [0.5, 0.6) is 0 Å². The zero-order chi connectivity index (χ0) is 22.2. The molecule has 9 heteroatoms. The van der Waals surface area contributed by atoms with Crippen molar-refractivity contribution in [3.63, 3.8) is 0 Å². The molecule has 31 heavy (non-hydrogen) atoms. The van der Waals surface area contributed by atoms with Gasteiger partial charge in [0.1, 0.15) is 11.7 Å². The summed E-state index contributed by atoms with van der Waals surface area (Å²) >= 11 is 0. The molecule has 1 fully saturated rings. The third-order valence-corrected chi connectivity index (χ3v) is 4.95. The molecule has 0 aliphatic carbocycles. The lowest BCUT2D eigenvalue weighted by molar-refractivity contribution is -0.133. The smallest absolute Gasteiger partial charge is 0.318 e. The Hall–Kier alpha value is -3.61. The number of nitrogens with one attached hydrogen (secondary N) is 2. The van der Waals surface area contributed by atoms with E-state index in [1.54, 1.807) is 11.1 Å². The van der Waals surface area contributed by atoms with E-state index in [4.69, 9.17) is 5.21 Å². The minimum absolute atomic E-state index is 0.459. The monoisotopic (exact) mass is 423 g/mol. The molecule has 1 aromatic carbocycles. The maximum Gasteiger partial charge on any atom is 0.318 e. The average Bonchev–Trinajstić information content (AvgIpc) is 2.81. The van der Waals surface area contributed by atoms with Gasteiger partial charge in [-0.15, -0.1) is 0 Å². The summed E-state index contributed by atoms with van der Waals surface area (Å²) in [5.74, 6) is 5.25. The number of carbonyl (C=O) groups excluding carboxylic acids is 2. The van der Waals surface area contributed by atoms with E-state index in [1.165, 1.54) is 12.4 Å². The van der Waals surface area contributed by atoms with Crippen LogP contribution in [0.1, 0.15) is 18.2 Å². The van der Waals surface area contributed by atoms with Gasteiger partial charge < -0.3 is 20.2 Å². The molecule has 1 aromatic heterocycles. The number of nitrogens with zero attached hydrogens (tertiary/aromatic N) is 3. The van der Waals surface area contributed by atoms with Gasteiger partial charge >= 0.3 is 6.03 Å². The normalized spacial score (nSPS) is 15.3. The lowest BCUT2D eigenvalue weighted by Gasteiger charge is -2.36. The van der Waals surface area contributed by atoms with Crippen molar-refractivity contribution < 1.29 is 19.9 Å². The van der Waals surface area contributed by atoms with Gasteiger partial charge in [-0.3, -0.25) is 10.0 Å².